The van der Waals surface area contributed by atoms with Crippen molar-refractivity contribution in [2.24, 2.45) is 11.7 Å². The van der Waals surface area contributed by atoms with Crippen LogP contribution in [0.3, 0.4) is 0 Å². The molecule has 2 aliphatic heterocycles. The second-order valence-corrected chi connectivity index (χ2v) is 10.1. The highest BCUT2D eigenvalue weighted by Gasteiger charge is 2.44. The van der Waals surface area contributed by atoms with Gasteiger partial charge in [0.25, 0.3) is 0 Å². The highest BCUT2D eigenvalue weighted by Crippen LogP contribution is 2.39. The topological polar surface area (TPSA) is 75.9 Å². The summed E-state index contributed by atoms with van der Waals surface area (Å²) in [6.45, 7) is 5.59. The molecule has 1 atom stereocenters. The average Bonchev–Trinajstić information content (AvgIpc) is 3.14. The average molecular weight is 496 g/mol. The van der Waals surface area contributed by atoms with Crippen LogP contribution in [-0.2, 0) is 15.0 Å². The number of hydrogen-bond acceptors (Lipinski definition) is 4. The molecule has 0 bridgehead atoms. The Morgan fingerprint density at radius 1 is 1.00 bits per heavy atom. The second-order valence-electron chi connectivity index (χ2n) is 10.1. The monoisotopic (exact) mass is 495 g/mol. The number of likely N-dealkylation sites (tertiary alicyclic amines) is 1. The third kappa shape index (κ3) is 4.96. The lowest BCUT2D eigenvalue weighted by atomic mass is 9.81. The van der Waals surface area contributed by atoms with Crippen LogP contribution in [0.1, 0.15) is 32.3 Å². The first kappa shape index (κ1) is 24.6. The number of benzene rings is 3. The third-order valence-electron chi connectivity index (χ3n) is 7.57. The standard InChI is InChI=1S/C31H33N3O3/c1-22(35)33-17-15-23(16-18-33)21-34-29(32)20-31(2,30(34)36)25-10-8-9-24(19-25)27-13-6-7-14-28(27)37-26-11-4-3-5-12-26/h3-14,19-20,23H,15-18,21,32H2,1-2H3. The fourth-order valence-electron chi connectivity index (χ4n) is 5.34. The fourth-order valence-corrected chi connectivity index (χ4v) is 5.34. The smallest absolute Gasteiger partial charge is 0.242 e. The molecule has 37 heavy (non-hydrogen) atoms. The van der Waals surface area contributed by atoms with E-state index in [1.165, 1.54) is 0 Å². The van der Waals surface area contributed by atoms with E-state index in [0.29, 0.717) is 18.3 Å². The van der Waals surface area contributed by atoms with E-state index in [1.807, 2.05) is 90.7 Å². The molecular weight excluding hydrogens is 462 g/mol. The normalized spacial score (nSPS) is 20.2. The van der Waals surface area contributed by atoms with E-state index in [-0.39, 0.29) is 11.8 Å². The summed E-state index contributed by atoms with van der Waals surface area (Å²) in [5, 5.41) is 0. The largest absolute Gasteiger partial charge is 0.457 e. The zero-order valence-corrected chi connectivity index (χ0v) is 21.4. The number of rotatable bonds is 6. The molecule has 5 rings (SSSR count). The van der Waals surface area contributed by atoms with Crippen molar-refractivity contribution < 1.29 is 14.3 Å². The van der Waals surface area contributed by atoms with E-state index >= 15 is 0 Å². The Hall–Kier alpha value is -4.06. The Labute approximate surface area is 218 Å². The molecule has 1 fully saturated rings. The summed E-state index contributed by atoms with van der Waals surface area (Å²) in [5.74, 6) is 2.44. The number of nitrogens with zero attached hydrogens (tertiary/aromatic N) is 2. The van der Waals surface area contributed by atoms with Gasteiger partial charge in [-0.25, -0.2) is 0 Å². The lowest BCUT2D eigenvalue weighted by molar-refractivity contribution is -0.133. The maximum absolute atomic E-state index is 13.7. The van der Waals surface area contributed by atoms with Crippen molar-refractivity contribution in [2.75, 3.05) is 19.6 Å². The van der Waals surface area contributed by atoms with Gasteiger partial charge in [-0.1, -0.05) is 54.6 Å². The van der Waals surface area contributed by atoms with Gasteiger partial charge in [0.05, 0.1) is 5.41 Å². The van der Waals surface area contributed by atoms with Crippen LogP contribution in [0.2, 0.25) is 0 Å². The maximum atomic E-state index is 13.7. The van der Waals surface area contributed by atoms with Crippen molar-refractivity contribution in [1.29, 1.82) is 0 Å². The van der Waals surface area contributed by atoms with Gasteiger partial charge in [0.1, 0.15) is 17.3 Å². The number of nitrogens with two attached hydrogens (primary N) is 1. The summed E-state index contributed by atoms with van der Waals surface area (Å²) in [6, 6.07) is 25.7. The molecule has 0 saturated carbocycles. The van der Waals surface area contributed by atoms with Gasteiger partial charge < -0.3 is 15.4 Å². The van der Waals surface area contributed by atoms with Gasteiger partial charge in [-0.3, -0.25) is 14.5 Å². The van der Waals surface area contributed by atoms with Gasteiger partial charge in [-0.2, -0.15) is 0 Å². The zero-order valence-electron chi connectivity index (χ0n) is 21.4. The number of hydrogen-bond donors (Lipinski definition) is 1. The van der Waals surface area contributed by atoms with E-state index in [4.69, 9.17) is 10.5 Å². The van der Waals surface area contributed by atoms with Crippen molar-refractivity contribution in [3.05, 3.63) is 96.3 Å². The summed E-state index contributed by atoms with van der Waals surface area (Å²) in [5.41, 5.74) is 8.38. The van der Waals surface area contributed by atoms with Crippen LogP contribution < -0.4 is 10.5 Å². The van der Waals surface area contributed by atoms with Crippen LogP contribution in [-0.4, -0.2) is 41.2 Å². The van der Waals surface area contributed by atoms with Crippen LogP contribution in [0.15, 0.2) is 90.8 Å². The molecule has 1 saturated heterocycles. The quantitative estimate of drug-likeness (QED) is 0.503. The summed E-state index contributed by atoms with van der Waals surface area (Å²) in [6.07, 6.45) is 3.63. The van der Waals surface area contributed by atoms with Crippen LogP contribution in [0.5, 0.6) is 11.5 Å². The van der Waals surface area contributed by atoms with Gasteiger partial charge in [-0.05, 0) is 67.2 Å². The molecule has 3 aromatic carbocycles. The van der Waals surface area contributed by atoms with E-state index < -0.39 is 5.41 Å². The molecule has 6 nitrogen and oxygen atoms in total. The van der Waals surface area contributed by atoms with E-state index in [1.54, 1.807) is 11.8 Å². The SMILES string of the molecule is CC(=O)N1CCC(CN2C(=O)C(C)(c3cccc(-c4ccccc4Oc4ccccc4)c3)C=C2N)CC1. The summed E-state index contributed by atoms with van der Waals surface area (Å²) < 4.78 is 6.18. The molecule has 6 heteroatoms. The number of piperidine rings is 1. The lowest BCUT2D eigenvalue weighted by Gasteiger charge is -2.34. The predicted molar refractivity (Wildman–Crippen MR) is 145 cm³/mol. The number of para-hydroxylation sites is 2. The number of ether oxygens (including phenoxy) is 1. The Balaban J connectivity index is 1.37. The Morgan fingerprint density at radius 3 is 2.43 bits per heavy atom. The zero-order chi connectivity index (χ0) is 26.0. The van der Waals surface area contributed by atoms with Crippen LogP contribution >= 0.6 is 0 Å². The molecule has 0 spiro atoms. The molecule has 2 aliphatic rings. The van der Waals surface area contributed by atoms with Crippen molar-refractivity contribution in [3.8, 4) is 22.6 Å². The van der Waals surface area contributed by atoms with Gasteiger partial charge in [0.15, 0.2) is 0 Å². The first-order chi connectivity index (χ1) is 17.8. The van der Waals surface area contributed by atoms with Gasteiger partial charge in [-0.15, -0.1) is 0 Å². The first-order valence-electron chi connectivity index (χ1n) is 12.8. The Morgan fingerprint density at radius 2 is 1.70 bits per heavy atom. The molecule has 3 aromatic rings. The molecular formula is C31H33N3O3. The molecule has 2 heterocycles. The van der Waals surface area contributed by atoms with Crippen LogP contribution in [0.25, 0.3) is 11.1 Å². The minimum absolute atomic E-state index is 0.00929. The van der Waals surface area contributed by atoms with Crippen molar-refractivity contribution in [3.63, 3.8) is 0 Å². The van der Waals surface area contributed by atoms with Crippen LogP contribution in [0.4, 0.5) is 0 Å². The maximum Gasteiger partial charge on any atom is 0.242 e. The van der Waals surface area contributed by atoms with Crippen molar-refractivity contribution in [1.82, 2.24) is 9.80 Å². The van der Waals surface area contributed by atoms with E-state index in [9.17, 15) is 9.59 Å². The van der Waals surface area contributed by atoms with Crippen molar-refractivity contribution >= 4 is 11.8 Å². The van der Waals surface area contributed by atoms with E-state index in [0.717, 1.165) is 54.1 Å². The number of carbonyl (C=O) groups is 2. The number of carbonyl (C=O) groups excluding carboxylic acids is 2. The van der Waals surface area contributed by atoms with Gasteiger partial charge in [0.2, 0.25) is 11.8 Å². The van der Waals surface area contributed by atoms with Gasteiger partial charge >= 0.3 is 0 Å². The van der Waals surface area contributed by atoms with Crippen LogP contribution in [0, 0.1) is 5.92 Å². The molecule has 2 amide bonds. The highest BCUT2D eigenvalue weighted by molar-refractivity contribution is 5.94. The second kappa shape index (κ2) is 10.1. The lowest BCUT2D eigenvalue weighted by Crippen LogP contribution is -2.44. The molecule has 0 aliphatic carbocycles. The molecule has 1 unspecified atom stereocenters. The Kier molecular flexibility index (Phi) is 6.74. The minimum atomic E-state index is -0.852. The summed E-state index contributed by atoms with van der Waals surface area (Å²) in [4.78, 5) is 29.0. The summed E-state index contributed by atoms with van der Waals surface area (Å²) >= 11 is 0. The van der Waals surface area contributed by atoms with Crippen molar-refractivity contribution in [2.45, 2.75) is 32.1 Å². The Bertz CT molecular complexity index is 1330. The van der Waals surface area contributed by atoms with Gasteiger partial charge in [0, 0.05) is 32.1 Å². The molecule has 0 radical (unpaired) electrons. The minimum Gasteiger partial charge on any atom is -0.457 e. The highest BCUT2D eigenvalue weighted by atomic mass is 16.5. The molecule has 190 valence electrons. The van der Waals surface area contributed by atoms with E-state index in [2.05, 4.69) is 6.07 Å². The molecule has 2 N–H and O–H groups in total. The molecule has 0 aromatic heterocycles. The summed E-state index contributed by atoms with van der Waals surface area (Å²) in [7, 11) is 0. The predicted octanol–water partition coefficient (Wildman–Crippen LogP) is 5.30. The first-order valence-corrected chi connectivity index (χ1v) is 12.8. The number of amides is 2. The fraction of sp³-hybridized carbons (Fsp3) is 0.290. The third-order valence-corrected chi connectivity index (χ3v) is 7.57.